The molecule has 2 aromatic carbocycles. The highest BCUT2D eigenvalue weighted by Crippen LogP contribution is 2.35. The van der Waals surface area contributed by atoms with Crippen LogP contribution in [0.2, 0.25) is 0 Å². The van der Waals surface area contributed by atoms with Crippen molar-refractivity contribution in [3.8, 4) is 11.5 Å². The largest absolute Gasteiger partial charge is 0.495 e. The Morgan fingerprint density at radius 1 is 1.18 bits per heavy atom. The van der Waals surface area contributed by atoms with Gasteiger partial charge in [-0.3, -0.25) is 9.59 Å². The van der Waals surface area contributed by atoms with Crippen LogP contribution >= 0.6 is 0 Å². The molecule has 9 nitrogen and oxygen atoms in total. The topological polar surface area (TPSA) is 105 Å². The minimum Gasteiger partial charge on any atom is -0.495 e. The summed E-state index contributed by atoms with van der Waals surface area (Å²) in [5.74, 6) is 0.628. The number of ether oxygens (including phenoxy) is 2. The van der Waals surface area contributed by atoms with Crippen LogP contribution in [0.15, 0.2) is 41.3 Å². The van der Waals surface area contributed by atoms with E-state index in [1.54, 1.807) is 31.9 Å². The molecule has 0 spiro atoms. The van der Waals surface area contributed by atoms with Crippen LogP contribution in [0, 0.1) is 6.92 Å². The fourth-order valence-electron chi connectivity index (χ4n) is 4.31. The second-order valence-corrected chi connectivity index (χ2v) is 10.9. The van der Waals surface area contributed by atoms with Gasteiger partial charge in [0.2, 0.25) is 5.91 Å². The summed E-state index contributed by atoms with van der Waals surface area (Å²) in [5, 5.41) is 1.77. The number of aryl methyl sites for hydroxylation is 1. The van der Waals surface area contributed by atoms with Crippen molar-refractivity contribution in [1.82, 2.24) is 4.90 Å². The number of nitrogens with one attached hydrogen (secondary N) is 1. The molecule has 10 heteroatoms. The van der Waals surface area contributed by atoms with E-state index in [0.29, 0.717) is 43.2 Å². The van der Waals surface area contributed by atoms with Crippen LogP contribution in [0.3, 0.4) is 0 Å². The summed E-state index contributed by atoms with van der Waals surface area (Å²) in [6, 6.07) is 10.8. The number of carbonyl (C=O) groups excluding carboxylic acids is 2. The first kappa shape index (κ1) is 23.9. The second kappa shape index (κ2) is 9.54. The van der Waals surface area contributed by atoms with Gasteiger partial charge in [-0.1, -0.05) is 12.1 Å². The lowest BCUT2D eigenvalue weighted by atomic mass is 10.2. The molecule has 2 aliphatic rings. The minimum atomic E-state index is -3.78. The van der Waals surface area contributed by atoms with Gasteiger partial charge in [-0.25, -0.2) is 8.42 Å². The van der Waals surface area contributed by atoms with E-state index in [0.717, 1.165) is 11.4 Å². The van der Waals surface area contributed by atoms with Crippen molar-refractivity contribution in [3.63, 3.8) is 0 Å². The van der Waals surface area contributed by atoms with E-state index in [2.05, 4.69) is 10.2 Å². The van der Waals surface area contributed by atoms with Gasteiger partial charge in [0.25, 0.3) is 5.91 Å². The first-order valence-corrected chi connectivity index (χ1v) is 12.7. The fourth-order valence-corrected chi connectivity index (χ4v) is 5.89. The van der Waals surface area contributed by atoms with E-state index < -0.39 is 15.1 Å². The molecule has 0 saturated carbocycles. The highest BCUT2D eigenvalue weighted by atomic mass is 32.2. The van der Waals surface area contributed by atoms with Crippen LogP contribution in [-0.4, -0.2) is 70.3 Å². The molecular weight excluding hydrogens is 458 g/mol. The Labute approximate surface area is 199 Å². The smallest absolute Gasteiger partial charge is 0.262 e. The summed E-state index contributed by atoms with van der Waals surface area (Å²) in [7, 11) is -2.15. The molecule has 1 saturated heterocycles. The highest BCUT2D eigenvalue weighted by molar-refractivity contribution is 7.92. The van der Waals surface area contributed by atoms with Crippen molar-refractivity contribution < 1.29 is 27.5 Å². The van der Waals surface area contributed by atoms with E-state index in [1.807, 2.05) is 24.3 Å². The molecule has 182 valence electrons. The lowest BCUT2D eigenvalue weighted by molar-refractivity contribution is -0.131. The first-order chi connectivity index (χ1) is 16.2. The van der Waals surface area contributed by atoms with Gasteiger partial charge >= 0.3 is 0 Å². The van der Waals surface area contributed by atoms with Gasteiger partial charge in [-0.05, 0) is 37.6 Å². The molecule has 1 fully saturated rings. The first-order valence-electron chi connectivity index (χ1n) is 11.2. The lowest BCUT2D eigenvalue weighted by Gasteiger charge is -2.37. The average Bonchev–Trinajstić information content (AvgIpc) is 2.83. The number of hydrogen-bond acceptors (Lipinski definition) is 7. The SMILES string of the molecule is COc1ccccc1N1CCN(C(=O)CC(C)S(=O)(=O)c2cc3c(cc2C)NC(=O)CO3)CC1. The van der Waals surface area contributed by atoms with E-state index >= 15 is 0 Å². The summed E-state index contributed by atoms with van der Waals surface area (Å²) in [5.41, 5.74) is 1.92. The zero-order valence-corrected chi connectivity index (χ0v) is 20.4. The third-order valence-corrected chi connectivity index (χ3v) is 8.55. The summed E-state index contributed by atoms with van der Waals surface area (Å²) in [6.45, 7) is 5.36. The number of benzene rings is 2. The van der Waals surface area contributed by atoms with Crippen molar-refractivity contribution in [2.75, 3.05) is 50.1 Å². The number of fused-ring (bicyclic) bond motifs is 1. The fraction of sp³-hybridized carbons (Fsp3) is 0.417. The Morgan fingerprint density at radius 2 is 1.88 bits per heavy atom. The highest BCUT2D eigenvalue weighted by Gasteiger charge is 2.32. The maximum atomic E-state index is 13.3. The van der Waals surface area contributed by atoms with Gasteiger partial charge in [0.05, 0.1) is 28.6 Å². The number of carbonyl (C=O) groups is 2. The van der Waals surface area contributed by atoms with Crippen LogP contribution < -0.4 is 19.7 Å². The average molecular weight is 488 g/mol. The van der Waals surface area contributed by atoms with E-state index in [4.69, 9.17) is 9.47 Å². The molecular formula is C24H29N3O6S. The molecule has 0 aromatic heterocycles. The number of methoxy groups -OCH3 is 1. The number of amides is 2. The number of sulfone groups is 1. The Hall–Kier alpha value is -3.27. The molecule has 2 heterocycles. The third-order valence-electron chi connectivity index (χ3n) is 6.27. The monoisotopic (exact) mass is 487 g/mol. The van der Waals surface area contributed by atoms with E-state index in [9.17, 15) is 18.0 Å². The number of nitrogens with zero attached hydrogens (tertiary/aromatic N) is 2. The van der Waals surface area contributed by atoms with Crippen molar-refractivity contribution in [2.45, 2.75) is 30.4 Å². The second-order valence-electron chi connectivity index (χ2n) is 8.55. The van der Waals surface area contributed by atoms with Crippen molar-refractivity contribution >= 4 is 33.0 Å². The van der Waals surface area contributed by atoms with E-state index in [-0.39, 0.29) is 29.7 Å². The summed E-state index contributed by atoms with van der Waals surface area (Å²) in [6.07, 6.45) is -0.106. The molecule has 1 N–H and O–H groups in total. The van der Waals surface area contributed by atoms with Crippen LogP contribution in [-0.2, 0) is 19.4 Å². The zero-order chi connectivity index (χ0) is 24.5. The molecule has 1 atom stereocenters. The molecule has 4 rings (SSSR count). The third kappa shape index (κ3) is 4.68. The molecule has 1 unspecified atom stereocenters. The maximum absolute atomic E-state index is 13.3. The quantitative estimate of drug-likeness (QED) is 0.666. The standard InChI is InChI=1S/C24H29N3O6S/c1-16-12-18-21(33-15-23(28)25-18)14-22(16)34(30,31)17(2)13-24(29)27-10-8-26(9-11-27)19-6-4-5-7-20(19)32-3/h4-7,12,14,17H,8-11,13,15H2,1-3H3,(H,25,28). The van der Waals surface area contributed by atoms with Gasteiger partial charge in [0, 0.05) is 38.7 Å². The minimum absolute atomic E-state index is 0.106. The number of anilines is 2. The summed E-state index contributed by atoms with van der Waals surface area (Å²) >= 11 is 0. The summed E-state index contributed by atoms with van der Waals surface area (Å²) < 4.78 is 37.4. The number of para-hydroxylation sites is 2. The van der Waals surface area contributed by atoms with Gasteiger partial charge in [0.15, 0.2) is 16.4 Å². The Bertz CT molecular complexity index is 1210. The molecule has 2 aliphatic heterocycles. The van der Waals surface area contributed by atoms with Gasteiger partial charge in [-0.2, -0.15) is 0 Å². The Kier molecular flexibility index (Phi) is 6.70. The molecule has 0 radical (unpaired) electrons. The van der Waals surface area contributed by atoms with Crippen molar-refractivity contribution in [3.05, 3.63) is 42.0 Å². The van der Waals surface area contributed by atoms with Gasteiger partial charge in [-0.15, -0.1) is 0 Å². The normalized spacial score (nSPS) is 16.9. The number of hydrogen-bond donors (Lipinski definition) is 1. The zero-order valence-electron chi connectivity index (χ0n) is 19.5. The number of rotatable bonds is 6. The molecule has 0 bridgehead atoms. The Balaban J connectivity index is 1.41. The predicted octanol–water partition coefficient (Wildman–Crippen LogP) is 2.24. The van der Waals surface area contributed by atoms with Crippen LogP contribution in [0.1, 0.15) is 18.9 Å². The van der Waals surface area contributed by atoms with Crippen molar-refractivity contribution in [2.24, 2.45) is 0 Å². The molecule has 0 aliphatic carbocycles. The molecule has 34 heavy (non-hydrogen) atoms. The van der Waals surface area contributed by atoms with E-state index in [1.165, 1.54) is 6.07 Å². The Morgan fingerprint density at radius 3 is 2.59 bits per heavy atom. The van der Waals surface area contributed by atoms with Crippen molar-refractivity contribution in [1.29, 1.82) is 0 Å². The number of piperazine rings is 1. The van der Waals surface area contributed by atoms with Crippen LogP contribution in [0.4, 0.5) is 11.4 Å². The molecule has 2 aromatic rings. The summed E-state index contributed by atoms with van der Waals surface area (Å²) in [4.78, 5) is 28.5. The predicted molar refractivity (Wildman–Crippen MR) is 128 cm³/mol. The van der Waals surface area contributed by atoms with Crippen LogP contribution in [0.25, 0.3) is 0 Å². The lowest BCUT2D eigenvalue weighted by Crippen LogP contribution is -2.49. The van der Waals surface area contributed by atoms with Crippen LogP contribution in [0.5, 0.6) is 11.5 Å². The molecule has 2 amide bonds. The van der Waals surface area contributed by atoms with Gasteiger partial charge in [0.1, 0.15) is 11.5 Å². The van der Waals surface area contributed by atoms with Gasteiger partial charge < -0.3 is 24.6 Å². The maximum Gasteiger partial charge on any atom is 0.262 e.